The van der Waals surface area contributed by atoms with Crippen molar-refractivity contribution in [1.82, 2.24) is 0 Å². The molecule has 0 amide bonds. The van der Waals surface area contributed by atoms with E-state index in [-0.39, 0.29) is 5.56 Å². The highest BCUT2D eigenvalue weighted by molar-refractivity contribution is 5.87. The summed E-state index contributed by atoms with van der Waals surface area (Å²) >= 11 is 0. The summed E-state index contributed by atoms with van der Waals surface area (Å²) < 4.78 is 25.8. The summed E-state index contributed by atoms with van der Waals surface area (Å²) in [5.74, 6) is -3.21. The van der Waals surface area contributed by atoms with Gasteiger partial charge in [0.1, 0.15) is 11.6 Å². The first kappa shape index (κ1) is 9.38. The predicted molar refractivity (Wildman–Crippen MR) is 43.4 cm³/mol. The van der Waals surface area contributed by atoms with Gasteiger partial charge in [0.05, 0.1) is 5.56 Å². The second-order valence-electron chi connectivity index (χ2n) is 2.36. The maximum atomic E-state index is 12.9. The highest BCUT2D eigenvalue weighted by atomic mass is 19.1. The minimum absolute atomic E-state index is 0.315. The zero-order chi connectivity index (χ0) is 10.0. The van der Waals surface area contributed by atoms with Crippen LogP contribution in [0, 0.1) is 11.6 Å². The van der Waals surface area contributed by atoms with Crippen molar-refractivity contribution >= 4 is 12.0 Å². The predicted octanol–water partition coefficient (Wildman–Crippen LogP) is 2.31. The Balaban J connectivity index is 3.36. The molecule has 0 radical (unpaired) electrons. The molecular weight excluding hydrogens is 178 g/mol. The number of carboxylic acids is 1. The molecule has 0 unspecified atom stereocenters. The molecule has 4 heteroatoms. The third kappa shape index (κ3) is 1.72. The number of hydrogen-bond acceptors (Lipinski definition) is 1. The van der Waals surface area contributed by atoms with Gasteiger partial charge in [0.25, 0.3) is 0 Å². The second kappa shape index (κ2) is 3.35. The molecular formula is C9H6F2O2. The molecule has 0 fully saturated rings. The molecule has 1 rings (SSSR count). The lowest BCUT2D eigenvalue weighted by Crippen LogP contribution is -2.00. The van der Waals surface area contributed by atoms with Gasteiger partial charge in [-0.2, -0.15) is 0 Å². The van der Waals surface area contributed by atoms with Gasteiger partial charge in [-0.05, 0) is 12.1 Å². The van der Waals surface area contributed by atoms with Gasteiger partial charge in [-0.25, -0.2) is 13.6 Å². The molecule has 13 heavy (non-hydrogen) atoms. The normalized spacial score (nSPS) is 9.69. The summed E-state index contributed by atoms with van der Waals surface area (Å²) in [5, 5.41) is 8.44. The van der Waals surface area contributed by atoms with E-state index in [1.54, 1.807) is 0 Å². The molecule has 0 saturated carbocycles. The van der Waals surface area contributed by atoms with Crippen LogP contribution < -0.4 is 0 Å². The Kier molecular flexibility index (Phi) is 2.41. The molecule has 0 bridgehead atoms. The third-order valence-electron chi connectivity index (χ3n) is 1.53. The highest BCUT2D eigenvalue weighted by Crippen LogP contribution is 2.16. The van der Waals surface area contributed by atoms with E-state index >= 15 is 0 Å². The lowest BCUT2D eigenvalue weighted by Gasteiger charge is -2.00. The van der Waals surface area contributed by atoms with Gasteiger partial charge in [0.15, 0.2) is 0 Å². The molecule has 0 aliphatic heterocycles. The van der Waals surface area contributed by atoms with Gasteiger partial charge in [-0.15, -0.1) is 0 Å². The monoisotopic (exact) mass is 184 g/mol. The van der Waals surface area contributed by atoms with Crippen molar-refractivity contribution in [3.8, 4) is 0 Å². The van der Waals surface area contributed by atoms with E-state index in [0.717, 1.165) is 18.2 Å². The molecule has 2 nitrogen and oxygen atoms in total. The van der Waals surface area contributed by atoms with Gasteiger partial charge in [-0.3, -0.25) is 0 Å². The third-order valence-corrected chi connectivity index (χ3v) is 1.53. The van der Waals surface area contributed by atoms with Crippen molar-refractivity contribution in [3.05, 3.63) is 41.5 Å². The Morgan fingerprint density at radius 3 is 2.15 bits per heavy atom. The van der Waals surface area contributed by atoms with Crippen molar-refractivity contribution in [2.45, 2.75) is 0 Å². The van der Waals surface area contributed by atoms with Gasteiger partial charge in [0, 0.05) is 5.56 Å². The van der Waals surface area contributed by atoms with Crippen LogP contribution in [0.2, 0.25) is 0 Å². The molecule has 0 saturated heterocycles. The number of carbonyl (C=O) groups is 1. The van der Waals surface area contributed by atoms with E-state index in [1.165, 1.54) is 0 Å². The summed E-state index contributed by atoms with van der Waals surface area (Å²) in [5.41, 5.74) is -0.731. The average molecular weight is 184 g/mol. The van der Waals surface area contributed by atoms with E-state index < -0.39 is 23.2 Å². The Morgan fingerprint density at radius 1 is 1.38 bits per heavy atom. The maximum Gasteiger partial charge on any atom is 0.335 e. The van der Waals surface area contributed by atoms with Crippen LogP contribution in [0.5, 0.6) is 0 Å². The number of halogens is 2. The number of hydrogen-bond donors (Lipinski definition) is 1. The first-order valence-electron chi connectivity index (χ1n) is 3.41. The summed E-state index contributed by atoms with van der Waals surface area (Å²) in [6.07, 6.45) is 0.996. The molecule has 1 N–H and O–H groups in total. The van der Waals surface area contributed by atoms with Crippen LogP contribution in [0.15, 0.2) is 18.7 Å². The zero-order valence-corrected chi connectivity index (χ0v) is 6.55. The summed E-state index contributed by atoms with van der Waals surface area (Å²) in [7, 11) is 0. The maximum absolute atomic E-state index is 12.9. The highest BCUT2D eigenvalue weighted by Gasteiger charge is 2.11. The molecule has 68 valence electrons. The smallest absolute Gasteiger partial charge is 0.335 e. The van der Waals surface area contributed by atoms with Crippen LogP contribution in [0.3, 0.4) is 0 Å². The van der Waals surface area contributed by atoms with Crippen LogP contribution in [0.25, 0.3) is 6.08 Å². The summed E-state index contributed by atoms with van der Waals surface area (Å²) in [6, 6.07) is 1.50. The van der Waals surface area contributed by atoms with E-state index in [9.17, 15) is 13.6 Å². The Labute approximate surface area is 73.1 Å². The Morgan fingerprint density at radius 2 is 1.85 bits per heavy atom. The topological polar surface area (TPSA) is 37.3 Å². The number of rotatable bonds is 2. The van der Waals surface area contributed by atoms with Crippen LogP contribution in [-0.4, -0.2) is 11.1 Å². The fourth-order valence-corrected chi connectivity index (χ4v) is 0.903. The van der Waals surface area contributed by atoms with Crippen molar-refractivity contribution < 1.29 is 18.7 Å². The Hall–Kier alpha value is -1.71. The molecule has 0 heterocycles. The number of aromatic carboxylic acids is 1. The molecule has 0 aliphatic carbocycles. The van der Waals surface area contributed by atoms with Crippen molar-refractivity contribution in [2.75, 3.05) is 0 Å². The fourth-order valence-electron chi connectivity index (χ4n) is 0.903. The van der Waals surface area contributed by atoms with Gasteiger partial charge in [0.2, 0.25) is 0 Å². The van der Waals surface area contributed by atoms with E-state index in [4.69, 9.17) is 5.11 Å². The molecule has 1 aromatic carbocycles. The number of carboxylic acid groups (broad SMARTS) is 1. The standard InChI is InChI=1S/C9H6F2O2/c1-2-6-7(10)3-5(9(12)13)4-8(6)11/h2-4H,1H2,(H,12,13). The van der Waals surface area contributed by atoms with E-state index in [2.05, 4.69) is 6.58 Å². The van der Waals surface area contributed by atoms with Crippen LogP contribution in [-0.2, 0) is 0 Å². The van der Waals surface area contributed by atoms with Crippen LogP contribution in [0.4, 0.5) is 8.78 Å². The summed E-state index contributed by atoms with van der Waals surface area (Å²) in [4.78, 5) is 10.3. The van der Waals surface area contributed by atoms with Gasteiger partial charge < -0.3 is 5.11 Å². The lowest BCUT2D eigenvalue weighted by molar-refractivity contribution is 0.0695. The molecule has 0 aromatic heterocycles. The SMILES string of the molecule is C=Cc1c(F)cc(C(=O)O)cc1F. The quantitative estimate of drug-likeness (QED) is 0.765. The molecule has 0 atom stereocenters. The average Bonchev–Trinajstić information content (AvgIpc) is 2.03. The van der Waals surface area contributed by atoms with Crippen LogP contribution in [0.1, 0.15) is 15.9 Å². The minimum Gasteiger partial charge on any atom is -0.478 e. The molecule has 1 aromatic rings. The Bertz CT molecular complexity index is 349. The van der Waals surface area contributed by atoms with Gasteiger partial charge in [-0.1, -0.05) is 12.7 Å². The summed E-state index contributed by atoms with van der Waals surface area (Å²) in [6.45, 7) is 3.20. The lowest BCUT2D eigenvalue weighted by atomic mass is 10.1. The fraction of sp³-hybridized carbons (Fsp3) is 0. The number of benzene rings is 1. The van der Waals surface area contributed by atoms with E-state index in [1.807, 2.05) is 0 Å². The van der Waals surface area contributed by atoms with E-state index in [0.29, 0.717) is 0 Å². The van der Waals surface area contributed by atoms with Crippen LogP contribution >= 0.6 is 0 Å². The van der Waals surface area contributed by atoms with Gasteiger partial charge >= 0.3 is 5.97 Å². The van der Waals surface area contributed by atoms with Crippen molar-refractivity contribution in [2.24, 2.45) is 0 Å². The van der Waals surface area contributed by atoms with Crippen molar-refractivity contribution in [3.63, 3.8) is 0 Å². The zero-order valence-electron chi connectivity index (χ0n) is 6.55. The first-order valence-corrected chi connectivity index (χ1v) is 3.41. The molecule has 0 aliphatic rings. The second-order valence-corrected chi connectivity index (χ2v) is 2.36. The first-order chi connectivity index (χ1) is 6.06. The van der Waals surface area contributed by atoms with Crippen molar-refractivity contribution in [1.29, 1.82) is 0 Å². The minimum atomic E-state index is -1.37. The molecule has 0 spiro atoms. The largest absolute Gasteiger partial charge is 0.478 e.